The number of hydrogen-bond donors (Lipinski definition) is 1. The maximum Gasteiger partial charge on any atom is 0.174 e. The van der Waals surface area contributed by atoms with Gasteiger partial charge in [0.2, 0.25) is 0 Å². The van der Waals surface area contributed by atoms with Gasteiger partial charge in [0.25, 0.3) is 0 Å². The number of rotatable bonds is 7. The van der Waals surface area contributed by atoms with Crippen molar-refractivity contribution in [2.45, 2.75) is 13.1 Å². The monoisotopic (exact) mass is 470 g/mol. The number of nitrogens with one attached hydrogen (secondary N) is 1. The molecule has 0 saturated heterocycles. The minimum Gasteiger partial charge on any atom is -0.497 e. The van der Waals surface area contributed by atoms with E-state index in [1.54, 1.807) is 14.2 Å². The van der Waals surface area contributed by atoms with Crippen molar-refractivity contribution < 1.29 is 9.47 Å². The summed E-state index contributed by atoms with van der Waals surface area (Å²) < 4.78 is 11.8. The molecule has 0 atom stereocenters. The van der Waals surface area contributed by atoms with Gasteiger partial charge in [0.15, 0.2) is 5.11 Å². The second-order valence-corrected chi connectivity index (χ2v) is 7.77. The molecule has 0 aliphatic rings. The molecule has 0 bridgehead atoms. The van der Waals surface area contributed by atoms with E-state index in [9.17, 15) is 0 Å². The predicted molar refractivity (Wildman–Crippen MR) is 126 cm³/mol. The number of benzene rings is 3. The third-order valence-electron chi connectivity index (χ3n) is 4.42. The Balaban J connectivity index is 1.83. The second-order valence-electron chi connectivity index (χ2n) is 6.47. The highest BCUT2D eigenvalue weighted by molar-refractivity contribution is 9.10. The molecule has 0 fully saturated rings. The number of anilines is 1. The van der Waals surface area contributed by atoms with Gasteiger partial charge in [-0.1, -0.05) is 58.4 Å². The van der Waals surface area contributed by atoms with Crippen LogP contribution in [0.3, 0.4) is 0 Å². The molecule has 0 aliphatic heterocycles. The summed E-state index contributed by atoms with van der Waals surface area (Å²) in [4.78, 5) is 2.14. The molecule has 1 N–H and O–H groups in total. The third kappa shape index (κ3) is 5.95. The van der Waals surface area contributed by atoms with E-state index >= 15 is 0 Å². The van der Waals surface area contributed by atoms with Gasteiger partial charge in [-0.05, 0) is 47.6 Å². The maximum absolute atomic E-state index is 5.77. The average Bonchev–Trinajstić information content (AvgIpc) is 2.74. The maximum atomic E-state index is 5.77. The summed E-state index contributed by atoms with van der Waals surface area (Å²) in [6.45, 7) is 1.37. The lowest BCUT2D eigenvalue weighted by Crippen LogP contribution is -2.34. The summed E-state index contributed by atoms with van der Waals surface area (Å²) in [5.41, 5.74) is 3.15. The van der Waals surface area contributed by atoms with Crippen LogP contribution >= 0.6 is 28.1 Å². The summed E-state index contributed by atoms with van der Waals surface area (Å²) in [6.07, 6.45) is 0. The summed E-state index contributed by atoms with van der Waals surface area (Å²) in [5, 5.41) is 3.96. The fraction of sp³-hybridized carbons (Fsp3) is 0.174. The zero-order chi connectivity index (χ0) is 20.6. The predicted octanol–water partition coefficient (Wildman–Crippen LogP) is 5.87. The first-order chi connectivity index (χ1) is 14.1. The van der Waals surface area contributed by atoms with Crippen molar-refractivity contribution in [2.75, 3.05) is 19.5 Å². The Labute approximate surface area is 185 Å². The summed E-state index contributed by atoms with van der Waals surface area (Å²) >= 11 is 9.32. The molecular weight excluding hydrogens is 448 g/mol. The highest BCUT2D eigenvalue weighted by Gasteiger charge is 2.14. The first kappa shape index (κ1) is 21.1. The smallest absolute Gasteiger partial charge is 0.174 e. The van der Waals surface area contributed by atoms with Crippen molar-refractivity contribution in [2.24, 2.45) is 0 Å². The first-order valence-corrected chi connectivity index (χ1v) is 10.4. The van der Waals surface area contributed by atoms with Gasteiger partial charge < -0.3 is 19.7 Å². The van der Waals surface area contributed by atoms with Crippen molar-refractivity contribution in [1.82, 2.24) is 4.90 Å². The van der Waals surface area contributed by atoms with E-state index in [-0.39, 0.29) is 0 Å². The number of methoxy groups -OCH3 is 2. The highest BCUT2D eigenvalue weighted by Crippen LogP contribution is 2.29. The van der Waals surface area contributed by atoms with E-state index in [2.05, 4.69) is 50.4 Å². The van der Waals surface area contributed by atoms with E-state index < -0.39 is 0 Å². The van der Waals surface area contributed by atoms with Gasteiger partial charge in [-0.15, -0.1) is 0 Å². The van der Waals surface area contributed by atoms with Gasteiger partial charge in [-0.25, -0.2) is 0 Å². The normalized spacial score (nSPS) is 10.3. The zero-order valence-corrected chi connectivity index (χ0v) is 18.8. The molecule has 0 amide bonds. The standard InChI is InChI=1S/C23H23BrN2O2S/c1-27-20-11-12-21(22(14-20)28-2)25-23(29)26(15-17-7-4-3-5-8-17)16-18-9-6-10-19(24)13-18/h3-14H,15-16H2,1-2H3,(H,25,29). The molecule has 29 heavy (non-hydrogen) atoms. The van der Waals surface area contributed by atoms with Crippen LogP contribution in [-0.4, -0.2) is 24.2 Å². The molecule has 0 radical (unpaired) electrons. The lowest BCUT2D eigenvalue weighted by molar-refractivity contribution is 0.394. The second kappa shape index (κ2) is 10.3. The van der Waals surface area contributed by atoms with E-state index in [1.165, 1.54) is 11.1 Å². The Bertz CT molecular complexity index is 966. The molecule has 0 aliphatic carbocycles. The van der Waals surface area contributed by atoms with E-state index in [0.29, 0.717) is 24.0 Å². The van der Waals surface area contributed by atoms with Crippen LogP contribution in [0.5, 0.6) is 11.5 Å². The van der Waals surface area contributed by atoms with Gasteiger partial charge in [0.1, 0.15) is 11.5 Å². The third-order valence-corrected chi connectivity index (χ3v) is 5.27. The number of nitrogens with zero attached hydrogens (tertiary/aromatic N) is 1. The lowest BCUT2D eigenvalue weighted by Gasteiger charge is -2.27. The molecule has 6 heteroatoms. The molecule has 0 heterocycles. The van der Waals surface area contributed by atoms with Crippen LogP contribution in [0.4, 0.5) is 5.69 Å². The Morgan fingerprint density at radius 2 is 1.62 bits per heavy atom. The van der Waals surface area contributed by atoms with E-state index in [0.717, 1.165) is 15.9 Å². The topological polar surface area (TPSA) is 33.7 Å². The van der Waals surface area contributed by atoms with Crippen molar-refractivity contribution in [3.63, 3.8) is 0 Å². The Morgan fingerprint density at radius 3 is 2.31 bits per heavy atom. The van der Waals surface area contributed by atoms with Crippen molar-refractivity contribution >= 4 is 38.9 Å². The molecule has 4 nitrogen and oxygen atoms in total. The number of halogens is 1. The van der Waals surface area contributed by atoms with Gasteiger partial charge >= 0.3 is 0 Å². The lowest BCUT2D eigenvalue weighted by atomic mass is 10.2. The van der Waals surface area contributed by atoms with Gasteiger partial charge in [-0.2, -0.15) is 0 Å². The Hall–Kier alpha value is -2.57. The molecule has 3 aromatic carbocycles. The molecular formula is C23H23BrN2O2S. The molecule has 3 aromatic rings. The van der Waals surface area contributed by atoms with Crippen LogP contribution in [0.1, 0.15) is 11.1 Å². The van der Waals surface area contributed by atoms with Gasteiger partial charge in [-0.3, -0.25) is 0 Å². The zero-order valence-electron chi connectivity index (χ0n) is 16.4. The van der Waals surface area contributed by atoms with Crippen LogP contribution in [0.15, 0.2) is 77.3 Å². The van der Waals surface area contributed by atoms with Crippen molar-refractivity contribution in [1.29, 1.82) is 0 Å². The minimum absolute atomic E-state index is 0.622. The molecule has 0 saturated carbocycles. The number of hydrogen-bond acceptors (Lipinski definition) is 3. The van der Waals surface area contributed by atoms with E-state index in [4.69, 9.17) is 21.7 Å². The summed E-state index contributed by atoms with van der Waals surface area (Å²) in [6, 6.07) is 24.2. The van der Waals surface area contributed by atoms with Crippen molar-refractivity contribution in [3.8, 4) is 11.5 Å². The number of ether oxygens (including phenoxy) is 2. The van der Waals surface area contributed by atoms with Crippen LogP contribution < -0.4 is 14.8 Å². The Kier molecular flexibility index (Phi) is 7.49. The molecule has 3 rings (SSSR count). The summed E-state index contributed by atoms with van der Waals surface area (Å²) in [7, 11) is 3.26. The largest absolute Gasteiger partial charge is 0.497 e. The van der Waals surface area contributed by atoms with E-state index in [1.807, 2.05) is 48.5 Å². The SMILES string of the molecule is COc1ccc(NC(=S)N(Cc2ccccc2)Cc2cccc(Br)c2)c(OC)c1. The van der Waals surface area contributed by atoms with Gasteiger partial charge in [0, 0.05) is 23.6 Å². The molecule has 0 unspecified atom stereocenters. The number of thiocarbonyl (C=S) groups is 1. The molecule has 150 valence electrons. The minimum atomic E-state index is 0.622. The highest BCUT2D eigenvalue weighted by atomic mass is 79.9. The van der Waals surface area contributed by atoms with Crippen LogP contribution in [0.2, 0.25) is 0 Å². The average molecular weight is 471 g/mol. The fourth-order valence-corrected chi connectivity index (χ4v) is 3.64. The van der Waals surface area contributed by atoms with Crippen LogP contribution in [0.25, 0.3) is 0 Å². The quantitative estimate of drug-likeness (QED) is 0.437. The van der Waals surface area contributed by atoms with Gasteiger partial charge in [0.05, 0.1) is 19.9 Å². The Morgan fingerprint density at radius 1 is 0.897 bits per heavy atom. The summed E-state index contributed by atoms with van der Waals surface area (Å²) in [5.74, 6) is 1.41. The molecule has 0 aromatic heterocycles. The van der Waals surface area contributed by atoms with Crippen LogP contribution in [0, 0.1) is 0 Å². The fourth-order valence-electron chi connectivity index (χ4n) is 2.96. The molecule has 0 spiro atoms. The van der Waals surface area contributed by atoms with Crippen LogP contribution in [-0.2, 0) is 13.1 Å². The van der Waals surface area contributed by atoms with Crippen molar-refractivity contribution in [3.05, 3.63) is 88.4 Å². The first-order valence-electron chi connectivity index (χ1n) is 9.15.